The normalized spacial score (nSPS) is 20.0. The first-order chi connectivity index (χ1) is 9.29. The van der Waals surface area contributed by atoms with Gasteiger partial charge < -0.3 is 10.5 Å². The Morgan fingerprint density at radius 2 is 2.15 bits per heavy atom. The fourth-order valence-electron chi connectivity index (χ4n) is 2.29. The van der Waals surface area contributed by atoms with E-state index < -0.39 is 21.4 Å². The van der Waals surface area contributed by atoms with Crippen LogP contribution >= 0.6 is 0 Å². The van der Waals surface area contributed by atoms with Gasteiger partial charge in [0.2, 0.25) is 10.0 Å². The van der Waals surface area contributed by atoms with Gasteiger partial charge in [0.15, 0.2) is 0 Å². The molecule has 112 valence electrons. The van der Waals surface area contributed by atoms with Crippen molar-refractivity contribution < 1.29 is 17.5 Å². The van der Waals surface area contributed by atoms with Gasteiger partial charge in [-0.05, 0) is 31.5 Å². The molecule has 5 nitrogen and oxygen atoms in total. The van der Waals surface area contributed by atoms with Crippen LogP contribution in [-0.4, -0.2) is 38.0 Å². The Balaban J connectivity index is 2.44. The molecule has 1 fully saturated rings. The molecule has 0 saturated carbocycles. The van der Waals surface area contributed by atoms with Crippen molar-refractivity contribution in [1.82, 2.24) is 4.31 Å². The smallest absolute Gasteiger partial charge is 0.246 e. The lowest BCUT2D eigenvalue weighted by atomic mass is 10.1. The van der Waals surface area contributed by atoms with Crippen LogP contribution in [0.1, 0.15) is 19.4 Å². The Kier molecular flexibility index (Phi) is 4.15. The zero-order chi connectivity index (χ0) is 15.0. The van der Waals surface area contributed by atoms with E-state index in [4.69, 9.17) is 10.5 Å². The van der Waals surface area contributed by atoms with E-state index in [0.717, 1.165) is 0 Å². The average molecular weight is 302 g/mol. The van der Waals surface area contributed by atoms with Crippen molar-refractivity contribution in [1.29, 1.82) is 0 Å². The quantitative estimate of drug-likeness (QED) is 0.907. The van der Waals surface area contributed by atoms with Gasteiger partial charge >= 0.3 is 0 Å². The van der Waals surface area contributed by atoms with Crippen LogP contribution in [0, 0.1) is 5.82 Å². The molecule has 0 aliphatic carbocycles. The highest BCUT2D eigenvalue weighted by molar-refractivity contribution is 7.89. The Morgan fingerprint density at radius 1 is 1.45 bits per heavy atom. The lowest BCUT2D eigenvalue weighted by Gasteiger charge is -2.40. The van der Waals surface area contributed by atoms with Crippen LogP contribution in [-0.2, 0) is 21.3 Å². The van der Waals surface area contributed by atoms with Crippen molar-refractivity contribution >= 4 is 10.0 Å². The number of nitrogens with zero attached hydrogens (tertiary/aromatic N) is 1. The van der Waals surface area contributed by atoms with Crippen molar-refractivity contribution in [2.45, 2.75) is 30.8 Å². The summed E-state index contributed by atoms with van der Waals surface area (Å²) < 4.78 is 45.9. The number of hydrogen-bond acceptors (Lipinski definition) is 4. The highest BCUT2D eigenvalue weighted by atomic mass is 32.2. The van der Waals surface area contributed by atoms with Crippen molar-refractivity contribution in [2.75, 3.05) is 19.8 Å². The lowest BCUT2D eigenvalue weighted by molar-refractivity contribution is -0.00779. The monoisotopic (exact) mass is 302 g/mol. The molecule has 1 aliphatic heterocycles. The minimum atomic E-state index is -3.89. The first-order valence-electron chi connectivity index (χ1n) is 6.38. The zero-order valence-electron chi connectivity index (χ0n) is 11.6. The van der Waals surface area contributed by atoms with Crippen LogP contribution in [0.2, 0.25) is 0 Å². The Hall–Kier alpha value is -1.02. The number of rotatable bonds is 3. The average Bonchev–Trinajstić information content (AvgIpc) is 2.37. The van der Waals surface area contributed by atoms with Crippen LogP contribution in [0.15, 0.2) is 23.1 Å². The summed E-state index contributed by atoms with van der Waals surface area (Å²) in [6.07, 6.45) is 0. The predicted molar refractivity (Wildman–Crippen MR) is 73.1 cm³/mol. The summed E-state index contributed by atoms with van der Waals surface area (Å²) in [5.41, 5.74) is 5.28. The lowest BCUT2D eigenvalue weighted by Crippen LogP contribution is -2.55. The van der Waals surface area contributed by atoms with Gasteiger partial charge in [-0.3, -0.25) is 0 Å². The van der Waals surface area contributed by atoms with Crippen molar-refractivity contribution in [2.24, 2.45) is 5.73 Å². The molecular formula is C13H19FN2O3S. The second-order valence-corrected chi connectivity index (χ2v) is 7.24. The fraction of sp³-hybridized carbons (Fsp3) is 0.538. The number of hydrogen-bond donors (Lipinski definition) is 1. The maximum absolute atomic E-state index is 14.0. The van der Waals surface area contributed by atoms with E-state index in [9.17, 15) is 12.8 Å². The third-order valence-corrected chi connectivity index (χ3v) is 5.51. The van der Waals surface area contributed by atoms with Crippen molar-refractivity contribution in [3.8, 4) is 0 Å². The SMILES string of the molecule is CC1(C)COCCN1S(=O)(=O)c1ccc(CN)cc1F. The predicted octanol–water partition coefficient (Wildman–Crippen LogP) is 1.08. The summed E-state index contributed by atoms with van der Waals surface area (Å²) >= 11 is 0. The summed E-state index contributed by atoms with van der Waals surface area (Å²) in [6.45, 7) is 4.50. The molecule has 1 aromatic carbocycles. The summed E-state index contributed by atoms with van der Waals surface area (Å²) in [5.74, 6) is -0.768. The second-order valence-electron chi connectivity index (χ2n) is 5.41. The van der Waals surface area contributed by atoms with Gasteiger partial charge in [0.25, 0.3) is 0 Å². The van der Waals surface area contributed by atoms with Gasteiger partial charge in [0.05, 0.1) is 18.8 Å². The van der Waals surface area contributed by atoms with E-state index in [2.05, 4.69) is 0 Å². The Bertz CT molecular complexity index is 602. The Morgan fingerprint density at radius 3 is 2.70 bits per heavy atom. The van der Waals surface area contributed by atoms with Crippen LogP contribution in [0.4, 0.5) is 4.39 Å². The highest BCUT2D eigenvalue weighted by Gasteiger charge is 2.40. The van der Waals surface area contributed by atoms with Crippen LogP contribution in [0.25, 0.3) is 0 Å². The highest BCUT2D eigenvalue weighted by Crippen LogP contribution is 2.29. The second kappa shape index (κ2) is 5.40. The number of sulfonamides is 1. The zero-order valence-corrected chi connectivity index (χ0v) is 12.4. The largest absolute Gasteiger partial charge is 0.378 e. The molecule has 20 heavy (non-hydrogen) atoms. The molecule has 1 heterocycles. The van der Waals surface area contributed by atoms with Crippen LogP contribution < -0.4 is 5.73 Å². The van der Waals surface area contributed by atoms with E-state index in [-0.39, 0.29) is 24.6 Å². The summed E-state index contributed by atoms with van der Waals surface area (Å²) in [4.78, 5) is -0.315. The Labute approximate surface area is 118 Å². The molecule has 1 aromatic rings. The molecule has 0 aromatic heterocycles. The fourth-order valence-corrected chi connectivity index (χ4v) is 4.09. The maximum atomic E-state index is 14.0. The van der Waals surface area contributed by atoms with Gasteiger partial charge in [-0.1, -0.05) is 6.07 Å². The van der Waals surface area contributed by atoms with Crippen molar-refractivity contribution in [3.05, 3.63) is 29.6 Å². The minimum absolute atomic E-state index is 0.167. The number of morpholine rings is 1. The van der Waals surface area contributed by atoms with Gasteiger partial charge in [-0.2, -0.15) is 4.31 Å². The van der Waals surface area contributed by atoms with Gasteiger partial charge in [0.1, 0.15) is 10.7 Å². The van der Waals surface area contributed by atoms with E-state index in [1.807, 2.05) is 0 Å². The standard InChI is InChI=1S/C13H19FN2O3S/c1-13(2)9-19-6-5-16(13)20(17,18)12-4-3-10(8-15)7-11(12)14/h3-4,7H,5-6,8-9,15H2,1-2H3. The minimum Gasteiger partial charge on any atom is -0.378 e. The molecule has 2 rings (SSSR count). The first-order valence-corrected chi connectivity index (χ1v) is 7.82. The molecule has 7 heteroatoms. The molecule has 0 unspecified atom stereocenters. The molecule has 0 atom stereocenters. The molecule has 1 aliphatic rings. The third kappa shape index (κ3) is 2.71. The summed E-state index contributed by atoms with van der Waals surface area (Å²) in [5, 5.41) is 0. The van der Waals surface area contributed by atoms with E-state index in [1.165, 1.54) is 22.5 Å². The number of ether oxygens (including phenoxy) is 1. The summed E-state index contributed by atoms with van der Waals surface area (Å²) in [6, 6.07) is 3.97. The number of halogens is 1. The number of benzene rings is 1. The van der Waals surface area contributed by atoms with Gasteiger partial charge in [-0.15, -0.1) is 0 Å². The molecular weight excluding hydrogens is 283 g/mol. The molecule has 1 saturated heterocycles. The van der Waals surface area contributed by atoms with Crippen molar-refractivity contribution in [3.63, 3.8) is 0 Å². The van der Waals surface area contributed by atoms with E-state index >= 15 is 0 Å². The van der Waals surface area contributed by atoms with Crippen LogP contribution in [0.5, 0.6) is 0 Å². The molecule has 0 bridgehead atoms. The third-order valence-electron chi connectivity index (χ3n) is 3.37. The molecule has 0 radical (unpaired) electrons. The van der Waals surface area contributed by atoms with E-state index in [0.29, 0.717) is 12.2 Å². The van der Waals surface area contributed by atoms with Gasteiger partial charge in [-0.25, -0.2) is 12.8 Å². The van der Waals surface area contributed by atoms with E-state index in [1.54, 1.807) is 13.8 Å². The topological polar surface area (TPSA) is 72.6 Å². The maximum Gasteiger partial charge on any atom is 0.246 e. The number of nitrogens with two attached hydrogens (primary N) is 1. The van der Waals surface area contributed by atoms with Crippen LogP contribution in [0.3, 0.4) is 0 Å². The molecule has 0 spiro atoms. The summed E-state index contributed by atoms with van der Waals surface area (Å²) in [7, 11) is -3.89. The molecule has 2 N–H and O–H groups in total. The van der Waals surface area contributed by atoms with Gasteiger partial charge in [0, 0.05) is 13.1 Å². The first kappa shape index (κ1) is 15.4. The molecule has 0 amide bonds.